The Morgan fingerprint density at radius 2 is 2.10 bits per heavy atom. The fraction of sp³-hybridized carbons (Fsp3) is 0.538. The van der Waals surface area contributed by atoms with Gasteiger partial charge in [0.25, 0.3) is 0 Å². The van der Waals surface area contributed by atoms with Crippen LogP contribution >= 0.6 is 11.8 Å². The molecule has 0 bridgehead atoms. The highest BCUT2D eigenvalue weighted by Crippen LogP contribution is 2.21. The van der Waals surface area contributed by atoms with Crippen molar-refractivity contribution in [2.45, 2.75) is 24.3 Å². The maximum atomic E-state index is 12.2. The maximum Gasteiger partial charge on any atom is 0.240 e. The van der Waals surface area contributed by atoms with Gasteiger partial charge in [-0.25, -0.2) is 13.1 Å². The van der Waals surface area contributed by atoms with Crippen LogP contribution in [-0.2, 0) is 10.0 Å². The Morgan fingerprint density at radius 3 is 2.60 bits per heavy atom. The third-order valence-corrected chi connectivity index (χ3v) is 5.08. The van der Waals surface area contributed by atoms with Gasteiger partial charge in [-0.1, -0.05) is 0 Å². The van der Waals surface area contributed by atoms with Crippen LogP contribution in [0.15, 0.2) is 23.1 Å². The molecule has 0 fully saturated rings. The SMILES string of the molecule is COc1ccc(S(=O)(=O)NC[C@@](C)(O)CSC)cc1C. The Kier molecular flexibility index (Phi) is 5.88. The Morgan fingerprint density at radius 1 is 1.45 bits per heavy atom. The van der Waals surface area contributed by atoms with Crippen LogP contribution in [0.5, 0.6) is 5.75 Å². The van der Waals surface area contributed by atoms with Crippen molar-refractivity contribution in [1.29, 1.82) is 0 Å². The molecule has 1 aromatic carbocycles. The molecule has 114 valence electrons. The largest absolute Gasteiger partial charge is 0.496 e. The summed E-state index contributed by atoms with van der Waals surface area (Å²) >= 11 is 1.46. The van der Waals surface area contributed by atoms with Gasteiger partial charge in [0.2, 0.25) is 10.0 Å². The quantitative estimate of drug-likeness (QED) is 0.794. The van der Waals surface area contributed by atoms with E-state index in [1.54, 1.807) is 26.0 Å². The lowest BCUT2D eigenvalue weighted by Gasteiger charge is -2.22. The second kappa shape index (κ2) is 6.80. The van der Waals surface area contributed by atoms with E-state index in [1.807, 2.05) is 6.26 Å². The molecule has 0 aliphatic heterocycles. The summed E-state index contributed by atoms with van der Waals surface area (Å²) in [5.41, 5.74) is -0.333. The van der Waals surface area contributed by atoms with E-state index in [2.05, 4.69) is 4.72 Å². The van der Waals surface area contributed by atoms with E-state index in [-0.39, 0.29) is 11.4 Å². The van der Waals surface area contributed by atoms with Crippen LogP contribution < -0.4 is 9.46 Å². The zero-order chi connectivity index (χ0) is 15.4. The van der Waals surface area contributed by atoms with Gasteiger partial charge in [0.05, 0.1) is 17.6 Å². The van der Waals surface area contributed by atoms with Crippen LogP contribution in [0.4, 0.5) is 0 Å². The number of nitrogens with one attached hydrogen (secondary N) is 1. The molecule has 0 radical (unpaired) electrons. The number of hydrogen-bond donors (Lipinski definition) is 2. The van der Waals surface area contributed by atoms with Crippen molar-refractivity contribution < 1.29 is 18.3 Å². The summed E-state index contributed by atoms with van der Waals surface area (Å²) in [6.07, 6.45) is 1.86. The number of ether oxygens (including phenoxy) is 1. The van der Waals surface area contributed by atoms with Crippen molar-refractivity contribution in [3.8, 4) is 5.75 Å². The van der Waals surface area contributed by atoms with Gasteiger partial charge in [-0.15, -0.1) is 0 Å². The highest BCUT2D eigenvalue weighted by atomic mass is 32.2. The number of sulfonamides is 1. The molecule has 7 heteroatoms. The van der Waals surface area contributed by atoms with Crippen LogP contribution in [0.3, 0.4) is 0 Å². The highest BCUT2D eigenvalue weighted by Gasteiger charge is 2.24. The number of benzene rings is 1. The first-order chi connectivity index (χ1) is 9.22. The number of aliphatic hydroxyl groups is 1. The normalized spacial score (nSPS) is 14.8. The van der Waals surface area contributed by atoms with Crippen LogP contribution in [0, 0.1) is 6.92 Å². The highest BCUT2D eigenvalue weighted by molar-refractivity contribution is 7.98. The zero-order valence-corrected chi connectivity index (χ0v) is 13.8. The summed E-state index contributed by atoms with van der Waals surface area (Å²) in [7, 11) is -2.10. The summed E-state index contributed by atoms with van der Waals surface area (Å²) in [6, 6.07) is 4.64. The minimum absolute atomic E-state index is 0.0265. The Hall–Kier alpha value is -0.760. The number of hydrogen-bond acceptors (Lipinski definition) is 5. The summed E-state index contributed by atoms with van der Waals surface area (Å²) in [6.45, 7) is 3.36. The fourth-order valence-electron chi connectivity index (χ4n) is 1.71. The molecule has 2 N–H and O–H groups in total. The maximum absolute atomic E-state index is 12.2. The summed E-state index contributed by atoms with van der Waals surface area (Å²) < 4.78 is 31.9. The lowest BCUT2D eigenvalue weighted by atomic mass is 10.1. The van der Waals surface area contributed by atoms with E-state index in [0.717, 1.165) is 5.56 Å². The molecule has 0 amide bonds. The number of methoxy groups -OCH3 is 1. The summed E-state index contributed by atoms with van der Waals surface area (Å²) in [4.78, 5) is 0.163. The average molecular weight is 319 g/mol. The predicted molar refractivity (Wildman–Crippen MR) is 81.9 cm³/mol. The molecular formula is C13H21NO4S2. The summed E-state index contributed by atoms with van der Waals surface area (Å²) in [5.74, 6) is 1.09. The van der Waals surface area contributed by atoms with Crippen molar-refractivity contribution in [1.82, 2.24) is 4.72 Å². The van der Waals surface area contributed by atoms with Gasteiger partial charge >= 0.3 is 0 Å². The molecule has 0 heterocycles. The minimum Gasteiger partial charge on any atom is -0.496 e. The van der Waals surface area contributed by atoms with Gasteiger partial charge in [-0.3, -0.25) is 0 Å². The van der Waals surface area contributed by atoms with Crippen LogP contribution in [0.1, 0.15) is 12.5 Å². The molecule has 0 aliphatic carbocycles. The minimum atomic E-state index is -3.63. The Labute approximate surface area is 124 Å². The molecule has 1 rings (SSSR count). The van der Waals surface area contributed by atoms with Gasteiger partial charge in [-0.2, -0.15) is 11.8 Å². The van der Waals surface area contributed by atoms with Crippen molar-refractivity contribution in [3.63, 3.8) is 0 Å². The van der Waals surface area contributed by atoms with Gasteiger partial charge in [0.1, 0.15) is 5.75 Å². The van der Waals surface area contributed by atoms with Gasteiger partial charge in [0, 0.05) is 12.3 Å². The topological polar surface area (TPSA) is 75.6 Å². The predicted octanol–water partition coefficient (Wildman–Crippen LogP) is 1.40. The molecule has 1 atom stereocenters. The molecule has 0 spiro atoms. The van der Waals surface area contributed by atoms with Crippen LogP contribution in [0.2, 0.25) is 0 Å². The van der Waals surface area contributed by atoms with Crippen molar-refractivity contribution in [2.75, 3.05) is 25.7 Å². The molecule has 0 aliphatic rings. The van der Waals surface area contributed by atoms with E-state index >= 15 is 0 Å². The van der Waals surface area contributed by atoms with Gasteiger partial charge < -0.3 is 9.84 Å². The molecular weight excluding hydrogens is 298 g/mol. The van der Waals surface area contributed by atoms with Crippen LogP contribution in [-0.4, -0.2) is 44.8 Å². The Bertz CT molecular complexity index is 555. The third kappa shape index (κ3) is 4.66. The van der Waals surface area contributed by atoms with Crippen molar-refractivity contribution >= 4 is 21.8 Å². The van der Waals surface area contributed by atoms with Crippen molar-refractivity contribution in [2.24, 2.45) is 0 Å². The monoisotopic (exact) mass is 319 g/mol. The lowest BCUT2D eigenvalue weighted by Crippen LogP contribution is -2.42. The first-order valence-electron chi connectivity index (χ1n) is 6.07. The number of aryl methyl sites for hydroxylation is 1. The third-order valence-electron chi connectivity index (χ3n) is 2.77. The smallest absolute Gasteiger partial charge is 0.240 e. The molecule has 20 heavy (non-hydrogen) atoms. The first kappa shape index (κ1) is 17.3. The van der Waals surface area contributed by atoms with E-state index in [0.29, 0.717) is 11.5 Å². The lowest BCUT2D eigenvalue weighted by molar-refractivity contribution is 0.0908. The number of thioether (sulfide) groups is 1. The van der Waals surface area contributed by atoms with E-state index < -0.39 is 15.6 Å². The second-order valence-electron chi connectivity index (χ2n) is 4.89. The molecule has 5 nitrogen and oxygen atoms in total. The Balaban J connectivity index is 2.87. The van der Waals surface area contributed by atoms with Crippen LogP contribution in [0.25, 0.3) is 0 Å². The molecule has 0 unspecified atom stereocenters. The van der Waals surface area contributed by atoms with E-state index in [4.69, 9.17) is 4.74 Å². The summed E-state index contributed by atoms with van der Waals surface area (Å²) in [5, 5.41) is 9.99. The number of rotatable bonds is 7. The zero-order valence-electron chi connectivity index (χ0n) is 12.1. The van der Waals surface area contributed by atoms with Gasteiger partial charge in [0.15, 0.2) is 0 Å². The first-order valence-corrected chi connectivity index (χ1v) is 8.95. The van der Waals surface area contributed by atoms with Crippen molar-refractivity contribution in [3.05, 3.63) is 23.8 Å². The van der Waals surface area contributed by atoms with Gasteiger partial charge in [-0.05, 0) is 43.9 Å². The van der Waals surface area contributed by atoms with E-state index in [1.165, 1.54) is 24.9 Å². The molecule has 0 aromatic heterocycles. The average Bonchev–Trinajstić information content (AvgIpc) is 2.36. The molecule has 0 saturated carbocycles. The second-order valence-corrected chi connectivity index (χ2v) is 7.52. The molecule has 1 aromatic rings. The van der Waals surface area contributed by atoms with E-state index in [9.17, 15) is 13.5 Å². The molecule has 0 saturated heterocycles. The fourth-order valence-corrected chi connectivity index (χ4v) is 3.68. The standard InChI is InChI=1S/C13H21NO4S2/c1-10-7-11(5-6-12(10)18-3)20(16,17)14-8-13(2,15)9-19-4/h5-7,14-15H,8-9H2,1-4H3/t13-/m1/s1.